The van der Waals surface area contributed by atoms with Crippen molar-refractivity contribution in [2.75, 3.05) is 19.6 Å². The fourth-order valence-corrected chi connectivity index (χ4v) is 2.52. The lowest BCUT2D eigenvalue weighted by molar-refractivity contribution is -0.146. The van der Waals surface area contributed by atoms with Gasteiger partial charge in [-0.2, -0.15) is 0 Å². The summed E-state index contributed by atoms with van der Waals surface area (Å²) in [6, 6.07) is 5.11. The number of amides is 3. The summed E-state index contributed by atoms with van der Waals surface area (Å²) in [6.45, 7) is 2.02. The fraction of sp³-hybridized carbons (Fsp3) is 0.400. The van der Waals surface area contributed by atoms with Crippen LogP contribution in [-0.4, -0.2) is 53.2 Å². The summed E-state index contributed by atoms with van der Waals surface area (Å²) < 4.78 is 13.6. The number of carbonyl (C=O) groups excluding carboxylic acids is 3. The second-order valence-corrected chi connectivity index (χ2v) is 5.24. The lowest BCUT2D eigenvalue weighted by Gasteiger charge is -2.39. The van der Waals surface area contributed by atoms with E-state index in [2.05, 4.69) is 0 Å². The summed E-state index contributed by atoms with van der Waals surface area (Å²) in [6.07, 6.45) is -0.142. The van der Waals surface area contributed by atoms with E-state index in [0.717, 1.165) is 0 Å². The Bertz CT molecular complexity index is 605. The zero-order valence-corrected chi connectivity index (χ0v) is 12.3. The van der Waals surface area contributed by atoms with E-state index in [4.69, 9.17) is 5.73 Å². The van der Waals surface area contributed by atoms with Gasteiger partial charge in [0.1, 0.15) is 11.9 Å². The maximum absolute atomic E-state index is 13.6. The molecule has 1 heterocycles. The number of nitrogens with two attached hydrogens (primary N) is 1. The maximum Gasteiger partial charge on any atom is 0.242 e. The molecule has 0 bridgehead atoms. The predicted molar refractivity (Wildman–Crippen MR) is 77.1 cm³/mol. The highest BCUT2D eigenvalue weighted by Crippen LogP contribution is 2.14. The number of carbonyl (C=O) groups is 3. The van der Waals surface area contributed by atoms with E-state index < -0.39 is 17.8 Å². The molecule has 22 heavy (non-hydrogen) atoms. The van der Waals surface area contributed by atoms with Crippen LogP contribution < -0.4 is 5.73 Å². The maximum atomic E-state index is 13.6. The van der Waals surface area contributed by atoms with Crippen LogP contribution in [0.25, 0.3) is 0 Å². The molecule has 0 unspecified atom stereocenters. The molecular weight excluding hydrogens is 289 g/mol. The van der Waals surface area contributed by atoms with Crippen LogP contribution >= 0.6 is 0 Å². The molecule has 1 aromatic rings. The van der Waals surface area contributed by atoms with Crippen LogP contribution in [0.15, 0.2) is 24.3 Å². The number of benzene rings is 1. The third kappa shape index (κ3) is 3.41. The average molecular weight is 307 g/mol. The molecule has 1 fully saturated rings. The van der Waals surface area contributed by atoms with Gasteiger partial charge < -0.3 is 15.5 Å². The molecule has 0 spiro atoms. The van der Waals surface area contributed by atoms with Crippen molar-refractivity contribution in [1.29, 1.82) is 0 Å². The number of piperazine rings is 1. The Hall–Kier alpha value is -2.44. The Morgan fingerprint density at radius 2 is 1.95 bits per heavy atom. The Kier molecular flexibility index (Phi) is 4.75. The van der Waals surface area contributed by atoms with Crippen LogP contribution in [0.1, 0.15) is 12.5 Å². The van der Waals surface area contributed by atoms with Crippen molar-refractivity contribution in [2.24, 2.45) is 5.73 Å². The molecule has 2 N–H and O–H groups in total. The van der Waals surface area contributed by atoms with Crippen molar-refractivity contribution in [3.63, 3.8) is 0 Å². The summed E-state index contributed by atoms with van der Waals surface area (Å²) in [4.78, 5) is 38.1. The zero-order chi connectivity index (χ0) is 16.3. The minimum atomic E-state index is -0.878. The molecule has 1 aromatic carbocycles. The van der Waals surface area contributed by atoms with E-state index in [1.807, 2.05) is 0 Å². The van der Waals surface area contributed by atoms with Crippen molar-refractivity contribution in [1.82, 2.24) is 9.80 Å². The Balaban J connectivity index is 2.12. The van der Waals surface area contributed by atoms with Gasteiger partial charge in [-0.05, 0) is 11.6 Å². The normalized spacial score (nSPS) is 18.2. The number of halogens is 1. The van der Waals surface area contributed by atoms with Crippen molar-refractivity contribution in [3.8, 4) is 0 Å². The van der Waals surface area contributed by atoms with Gasteiger partial charge in [0.05, 0.1) is 13.0 Å². The highest BCUT2D eigenvalue weighted by Gasteiger charge is 2.34. The van der Waals surface area contributed by atoms with Gasteiger partial charge in [-0.1, -0.05) is 18.2 Å². The number of hydrogen-bond acceptors (Lipinski definition) is 3. The zero-order valence-electron chi connectivity index (χ0n) is 12.3. The minimum Gasteiger partial charge on any atom is -0.368 e. The first-order valence-electron chi connectivity index (χ1n) is 6.98. The molecule has 1 atom stereocenters. The molecule has 0 saturated carbocycles. The summed E-state index contributed by atoms with van der Waals surface area (Å²) in [5.41, 5.74) is 5.60. The Labute approximate surface area is 127 Å². The SMILES string of the molecule is CC(=O)N1CCN(C(=O)Cc2ccccc2F)[C@@H](C(N)=O)C1. The molecule has 1 aliphatic rings. The fourth-order valence-electron chi connectivity index (χ4n) is 2.52. The van der Waals surface area contributed by atoms with Gasteiger partial charge in [0.2, 0.25) is 17.7 Å². The van der Waals surface area contributed by atoms with Gasteiger partial charge in [-0.15, -0.1) is 0 Å². The topological polar surface area (TPSA) is 83.7 Å². The summed E-state index contributed by atoms with van der Waals surface area (Å²) in [5.74, 6) is -1.69. The van der Waals surface area contributed by atoms with E-state index in [-0.39, 0.29) is 36.9 Å². The summed E-state index contributed by atoms with van der Waals surface area (Å²) in [7, 11) is 0. The summed E-state index contributed by atoms with van der Waals surface area (Å²) in [5, 5.41) is 0. The van der Waals surface area contributed by atoms with Gasteiger partial charge in [0.15, 0.2) is 0 Å². The molecule has 2 rings (SSSR count). The Morgan fingerprint density at radius 3 is 2.55 bits per heavy atom. The monoisotopic (exact) mass is 307 g/mol. The standard InChI is InChI=1S/C15H18FN3O3/c1-10(20)18-6-7-19(13(9-18)15(17)22)14(21)8-11-4-2-3-5-12(11)16/h2-5,13H,6-9H2,1H3,(H2,17,22)/t13-/m1/s1. The first-order valence-corrected chi connectivity index (χ1v) is 6.98. The number of rotatable bonds is 3. The van der Waals surface area contributed by atoms with Crippen molar-refractivity contribution >= 4 is 17.7 Å². The van der Waals surface area contributed by atoms with E-state index in [9.17, 15) is 18.8 Å². The lowest BCUT2D eigenvalue weighted by Crippen LogP contribution is -2.60. The van der Waals surface area contributed by atoms with Crippen molar-refractivity contribution in [3.05, 3.63) is 35.6 Å². The third-order valence-electron chi connectivity index (χ3n) is 3.77. The molecule has 1 saturated heterocycles. The number of nitrogens with zero attached hydrogens (tertiary/aromatic N) is 2. The highest BCUT2D eigenvalue weighted by molar-refractivity contribution is 5.88. The van der Waals surface area contributed by atoms with Gasteiger partial charge >= 0.3 is 0 Å². The highest BCUT2D eigenvalue weighted by atomic mass is 19.1. The third-order valence-corrected chi connectivity index (χ3v) is 3.77. The van der Waals surface area contributed by atoms with Gasteiger partial charge in [0.25, 0.3) is 0 Å². The average Bonchev–Trinajstić information content (AvgIpc) is 2.48. The molecule has 118 valence electrons. The first kappa shape index (κ1) is 15.9. The van der Waals surface area contributed by atoms with Gasteiger partial charge in [0, 0.05) is 20.0 Å². The Morgan fingerprint density at radius 1 is 1.27 bits per heavy atom. The van der Waals surface area contributed by atoms with Crippen LogP contribution in [-0.2, 0) is 20.8 Å². The largest absolute Gasteiger partial charge is 0.368 e. The number of hydrogen-bond donors (Lipinski definition) is 1. The smallest absolute Gasteiger partial charge is 0.242 e. The quantitative estimate of drug-likeness (QED) is 0.847. The predicted octanol–water partition coefficient (Wildman–Crippen LogP) is -0.0872. The van der Waals surface area contributed by atoms with Crippen LogP contribution in [0.2, 0.25) is 0 Å². The van der Waals surface area contributed by atoms with Crippen LogP contribution in [0.4, 0.5) is 4.39 Å². The van der Waals surface area contributed by atoms with Crippen LogP contribution in [0.3, 0.4) is 0 Å². The van der Waals surface area contributed by atoms with E-state index in [1.165, 1.54) is 28.9 Å². The van der Waals surface area contributed by atoms with E-state index >= 15 is 0 Å². The van der Waals surface area contributed by atoms with Crippen LogP contribution in [0.5, 0.6) is 0 Å². The second-order valence-electron chi connectivity index (χ2n) is 5.24. The van der Waals surface area contributed by atoms with Gasteiger partial charge in [-0.3, -0.25) is 14.4 Å². The number of primary amides is 1. The minimum absolute atomic E-state index is 0.0771. The second kappa shape index (κ2) is 6.55. The molecule has 0 aromatic heterocycles. The molecule has 3 amide bonds. The molecule has 1 aliphatic heterocycles. The van der Waals surface area contributed by atoms with E-state index in [1.54, 1.807) is 12.1 Å². The van der Waals surface area contributed by atoms with E-state index in [0.29, 0.717) is 6.54 Å². The molecule has 6 nitrogen and oxygen atoms in total. The van der Waals surface area contributed by atoms with Crippen molar-refractivity contribution in [2.45, 2.75) is 19.4 Å². The molecule has 0 aliphatic carbocycles. The first-order chi connectivity index (χ1) is 10.4. The van der Waals surface area contributed by atoms with Crippen LogP contribution in [0, 0.1) is 5.82 Å². The summed E-state index contributed by atoms with van der Waals surface area (Å²) >= 11 is 0. The molecule has 0 radical (unpaired) electrons. The van der Waals surface area contributed by atoms with Gasteiger partial charge in [-0.25, -0.2) is 4.39 Å². The lowest BCUT2D eigenvalue weighted by atomic mass is 10.1. The van der Waals surface area contributed by atoms with Crippen molar-refractivity contribution < 1.29 is 18.8 Å². The molecule has 7 heteroatoms. The molecular formula is C15H18FN3O3.